The highest BCUT2D eigenvalue weighted by Crippen LogP contribution is 2.70. The Morgan fingerprint density at radius 2 is 1.28 bits per heavy atom. The molecule has 6 atom stereocenters. The van der Waals surface area contributed by atoms with E-state index in [1.165, 1.54) is 0 Å². The molecule has 0 aliphatic heterocycles. The van der Waals surface area contributed by atoms with Gasteiger partial charge in [-0.3, -0.25) is 19.2 Å². The summed E-state index contributed by atoms with van der Waals surface area (Å²) in [6.45, 7) is 38.3. The van der Waals surface area contributed by atoms with Gasteiger partial charge in [-0.2, -0.15) is 0 Å². The first kappa shape index (κ1) is 32.8. The molecule has 6 unspecified atom stereocenters. The normalized spacial score (nSPS) is 31.8. The molecule has 0 saturated heterocycles. The van der Waals surface area contributed by atoms with Crippen LogP contribution >= 0.6 is 0 Å². The molecule has 0 aromatic carbocycles. The summed E-state index contributed by atoms with van der Waals surface area (Å²) in [4.78, 5) is 59.8. The minimum absolute atomic E-state index is 0.00285. The maximum Gasteiger partial charge on any atom is 0.172 e. The molecular formula is C35H52O4. The van der Waals surface area contributed by atoms with Crippen LogP contribution in [0.25, 0.3) is 0 Å². The van der Waals surface area contributed by atoms with Gasteiger partial charge in [0, 0.05) is 11.3 Å². The number of hydrogen-bond donors (Lipinski definition) is 0. The lowest BCUT2D eigenvalue weighted by Gasteiger charge is -2.65. The predicted molar refractivity (Wildman–Crippen MR) is 160 cm³/mol. The number of carbonyl (C=O) groups is 4. The number of hydrogen-bond acceptors (Lipinski definition) is 4. The molecule has 2 saturated carbocycles. The fourth-order valence-electron chi connectivity index (χ4n) is 7.75. The Kier molecular flexibility index (Phi) is 9.18. The summed E-state index contributed by atoms with van der Waals surface area (Å²) in [6.07, 6.45) is 1.95. The Labute approximate surface area is 237 Å². The minimum Gasteiger partial charge on any atom is -0.298 e. The van der Waals surface area contributed by atoms with Crippen molar-refractivity contribution in [3.05, 3.63) is 49.1 Å². The maximum absolute atomic E-state index is 15.3. The molecule has 0 N–H and O–H groups in total. The predicted octanol–water partition coefficient (Wildman–Crippen LogP) is 7.64. The van der Waals surface area contributed by atoms with Gasteiger partial charge in [0.2, 0.25) is 0 Å². The second kappa shape index (κ2) is 10.9. The molecule has 2 aliphatic carbocycles. The summed E-state index contributed by atoms with van der Waals surface area (Å²) in [7, 11) is 0. The van der Waals surface area contributed by atoms with Crippen molar-refractivity contribution in [1.29, 1.82) is 0 Å². The third-order valence-electron chi connectivity index (χ3n) is 10.2. The van der Waals surface area contributed by atoms with Gasteiger partial charge < -0.3 is 0 Å². The van der Waals surface area contributed by atoms with Crippen LogP contribution in [0.1, 0.15) is 82.6 Å². The van der Waals surface area contributed by atoms with Gasteiger partial charge in [-0.15, -0.1) is 6.58 Å². The molecule has 0 amide bonds. The lowest BCUT2D eigenvalue weighted by atomic mass is 9.32. The molecule has 0 spiro atoms. The number of Topliss-reactive ketones (excluding diaryl/α,β-unsaturated/α-hetero) is 4. The molecule has 0 radical (unpaired) electrons. The summed E-state index contributed by atoms with van der Waals surface area (Å²) in [5.41, 5.74) is -3.19. The number of allylic oxidation sites excluding steroid dienone is 4. The monoisotopic (exact) mass is 536 g/mol. The van der Waals surface area contributed by atoms with E-state index >= 15 is 9.59 Å². The van der Waals surface area contributed by atoms with Gasteiger partial charge in [-0.1, -0.05) is 119 Å². The Morgan fingerprint density at radius 3 is 1.64 bits per heavy atom. The van der Waals surface area contributed by atoms with Gasteiger partial charge >= 0.3 is 0 Å². The van der Waals surface area contributed by atoms with E-state index in [0.29, 0.717) is 11.1 Å². The zero-order valence-electron chi connectivity index (χ0n) is 26.4. The molecule has 0 aromatic rings. The lowest BCUT2D eigenvalue weighted by molar-refractivity contribution is -0.190. The van der Waals surface area contributed by atoms with Crippen molar-refractivity contribution in [1.82, 2.24) is 0 Å². The smallest absolute Gasteiger partial charge is 0.172 e. The number of fused-ring (bicyclic) bond motifs is 2. The first-order valence-corrected chi connectivity index (χ1v) is 14.6. The van der Waals surface area contributed by atoms with Crippen LogP contribution in [0.4, 0.5) is 0 Å². The molecule has 2 aliphatic rings. The number of ketones is 4. The highest BCUT2D eigenvalue weighted by atomic mass is 16.2. The van der Waals surface area contributed by atoms with Crippen molar-refractivity contribution in [3.8, 4) is 0 Å². The van der Waals surface area contributed by atoms with Gasteiger partial charge in [-0.25, -0.2) is 0 Å². The fourth-order valence-corrected chi connectivity index (χ4v) is 7.75. The summed E-state index contributed by atoms with van der Waals surface area (Å²) >= 11 is 0. The van der Waals surface area contributed by atoms with Crippen LogP contribution in [0, 0.1) is 63.6 Å². The van der Waals surface area contributed by atoms with Crippen LogP contribution in [0.3, 0.4) is 0 Å². The van der Waals surface area contributed by atoms with E-state index in [0.717, 1.165) is 5.57 Å². The van der Waals surface area contributed by atoms with E-state index in [1.54, 1.807) is 19.9 Å². The van der Waals surface area contributed by atoms with Gasteiger partial charge in [0.25, 0.3) is 0 Å². The van der Waals surface area contributed by atoms with Crippen molar-refractivity contribution in [2.45, 2.75) is 82.6 Å². The first-order valence-electron chi connectivity index (χ1n) is 14.6. The van der Waals surface area contributed by atoms with Crippen LogP contribution in [0.15, 0.2) is 49.1 Å². The summed E-state index contributed by atoms with van der Waals surface area (Å²) < 4.78 is 0. The van der Waals surface area contributed by atoms with E-state index in [9.17, 15) is 9.59 Å². The maximum atomic E-state index is 15.3. The van der Waals surface area contributed by atoms with Crippen LogP contribution in [-0.4, -0.2) is 23.1 Å². The van der Waals surface area contributed by atoms with Crippen molar-refractivity contribution >= 4 is 23.1 Å². The SMILES string of the molecule is C=CC(C(C)C)C1(C)C(C(=C)C(C)C)CC2(C(=C)C(C)C)C(=O)C(C(=C)C(C)C)C(=O)C1(C(=O)C(C)C)C2=O. The number of rotatable bonds is 11. The lowest BCUT2D eigenvalue weighted by Crippen LogP contribution is -2.77. The molecule has 2 rings (SSSR count). The Bertz CT molecular complexity index is 1120. The van der Waals surface area contributed by atoms with E-state index in [-0.39, 0.29) is 36.0 Å². The van der Waals surface area contributed by atoms with Gasteiger partial charge in [0.15, 0.2) is 28.5 Å². The third-order valence-corrected chi connectivity index (χ3v) is 10.2. The van der Waals surface area contributed by atoms with E-state index in [1.807, 2.05) is 62.3 Å². The molecule has 216 valence electrons. The molecule has 2 fully saturated rings. The zero-order chi connectivity index (χ0) is 30.6. The molecule has 2 bridgehead atoms. The largest absolute Gasteiger partial charge is 0.298 e. The quantitative estimate of drug-likeness (QED) is 0.201. The van der Waals surface area contributed by atoms with Crippen molar-refractivity contribution in [2.75, 3.05) is 0 Å². The second-order valence-corrected chi connectivity index (χ2v) is 13.8. The topological polar surface area (TPSA) is 68.3 Å². The average Bonchev–Trinajstić information content (AvgIpc) is 2.82. The number of carbonyl (C=O) groups excluding carboxylic acids is 4. The van der Waals surface area contributed by atoms with Gasteiger partial charge in [-0.05, 0) is 41.9 Å². The molecule has 4 heteroatoms. The molecular weight excluding hydrogens is 484 g/mol. The van der Waals surface area contributed by atoms with Crippen molar-refractivity contribution in [2.24, 2.45) is 63.6 Å². The van der Waals surface area contributed by atoms with Gasteiger partial charge in [0.1, 0.15) is 11.3 Å². The molecule has 4 nitrogen and oxygen atoms in total. The summed E-state index contributed by atoms with van der Waals surface area (Å²) in [5.74, 6) is -5.26. The van der Waals surface area contributed by atoms with E-state index in [4.69, 9.17) is 0 Å². The highest BCUT2D eigenvalue weighted by molar-refractivity contribution is 6.40. The Morgan fingerprint density at radius 1 is 0.795 bits per heavy atom. The van der Waals surface area contributed by atoms with Crippen LogP contribution < -0.4 is 0 Å². The van der Waals surface area contributed by atoms with Gasteiger partial charge in [0.05, 0.1) is 0 Å². The van der Waals surface area contributed by atoms with Crippen LogP contribution in [0.5, 0.6) is 0 Å². The third kappa shape index (κ3) is 4.23. The first-order chi connectivity index (χ1) is 17.8. The molecule has 0 aromatic heterocycles. The van der Waals surface area contributed by atoms with E-state index in [2.05, 4.69) is 26.3 Å². The van der Waals surface area contributed by atoms with Crippen molar-refractivity contribution in [3.63, 3.8) is 0 Å². The van der Waals surface area contributed by atoms with E-state index < -0.39 is 57.1 Å². The second-order valence-electron chi connectivity index (χ2n) is 13.8. The summed E-state index contributed by atoms with van der Waals surface area (Å²) in [5, 5.41) is 0. The molecule has 39 heavy (non-hydrogen) atoms. The average molecular weight is 537 g/mol. The Balaban J connectivity index is 3.35. The summed E-state index contributed by atoms with van der Waals surface area (Å²) in [6, 6.07) is 0. The fraction of sp³-hybridized carbons (Fsp3) is 0.657. The zero-order valence-corrected chi connectivity index (χ0v) is 26.4. The minimum atomic E-state index is -2.07. The Hall–Kier alpha value is -2.36. The van der Waals surface area contributed by atoms with Crippen LogP contribution in [0.2, 0.25) is 0 Å². The highest BCUT2D eigenvalue weighted by Gasteiger charge is 2.81. The van der Waals surface area contributed by atoms with Crippen LogP contribution in [-0.2, 0) is 19.2 Å². The molecule has 0 heterocycles. The van der Waals surface area contributed by atoms with Crippen molar-refractivity contribution < 1.29 is 19.2 Å². The standard InChI is InChI=1S/C35H52O4/c1-16-26(21(8)9)33(15)27(23(12)18(2)3)17-34(25(14)20(6)7)30(37)28(24(13)19(4)5)31(38)35(33,32(34)39)29(36)22(10)11/h16,18-22,26-28H,1,12-14,17H2,2-11,15H3.